The summed E-state index contributed by atoms with van der Waals surface area (Å²) in [5.41, 5.74) is 1.07. The predicted molar refractivity (Wildman–Crippen MR) is 77.5 cm³/mol. The lowest BCUT2D eigenvalue weighted by Gasteiger charge is -2.15. The van der Waals surface area contributed by atoms with Crippen molar-refractivity contribution < 1.29 is 14.7 Å². The van der Waals surface area contributed by atoms with Crippen molar-refractivity contribution >= 4 is 11.9 Å². The lowest BCUT2D eigenvalue weighted by molar-refractivity contribution is -0.142. The summed E-state index contributed by atoms with van der Waals surface area (Å²) in [6.07, 6.45) is 1.33. The molecule has 1 atom stereocenters. The maximum atomic E-state index is 11.7. The van der Waals surface area contributed by atoms with E-state index in [2.05, 4.69) is 5.32 Å². The number of aliphatic carboxylic acids is 1. The fraction of sp³-hybridized carbons (Fsp3) is 0.467. The first-order valence-electron chi connectivity index (χ1n) is 6.70. The molecule has 110 valence electrons. The summed E-state index contributed by atoms with van der Waals surface area (Å²) in [6.45, 7) is 0.608. The van der Waals surface area contributed by atoms with Crippen LogP contribution in [0.3, 0.4) is 0 Å². The zero-order valence-electron chi connectivity index (χ0n) is 12.0. The lowest BCUT2D eigenvalue weighted by Crippen LogP contribution is -2.41. The fourth-order valence-corrected chi connectivity index (χ4v) is 1.80. The molecule has 1 rings (SSSR count). The molecule has 1 aromatic rings. The SMILES string of the molecule is CN(C)CCC(=O)NC(CCc1ccccc1)C(=O)O. The van der Waals surface area contributed by atoms with Crippen LogP contribution in [0.15, 0.2) is 30.3 Å². The Kier molecular flexibility index (Phi) is 6.73. The van der Waals surface area contributed by atoms with Gasteiger partial charge in [-0.2, -0.15) is 0 Å². The molecule has 20 heavy (non-hydrogen) atoms. The zero-order chi connectivity index (χ0) is 15.0. The molecule has 0 aliphatic rings. The van der Waals surface area contributed by atoms with Crippen LogP contribution in [0.1, 0.15) is 18.4 Å². The molecular formula is C15H22N2O3. The van der Waals surface area contributed by atoms with Gasteiger partial charge in [0, 0.05) is 13.0 Å². The van der Waals surface area contributed by atoms with E-state index in [4.69, 9.17) is 5.11 Å². The highest BCUT2D eigenvalue weighted by Gasteiger charge is 2.19. The van der Waals surface area contributed by atoms with Crippen LogP contribution >= 0.6 is 0 Å². The van der Waals surface area contributed by atoms with Gasteiger partial charge in [-0.1, -0.05) is 30.3 Å². The van der Waals surface area contributed by atoms with Gasteiger partial charge in [0.25, 0.3) is 0 Å². The van der Waals surface area contributed by atoms with Crippen LogP contribution in [-0.2, 0) is 16.0 Å². The van der Waals surface area contributed by atoms with Crippen molar-refractivity contribution in [3.63, 3.8) is 0 Å². The Labute approximate surface area is 119 Å². The molecule has 2 N–H and O–H groups in total. The zero-order valence-corrected chi connectivity index (χ0v) is 12.0. The molecule has 5 heteroatoms. The topological polar surface area (TPSA) is 69.6 Å². The van der Waals surface area contributed by atoms with Gasteiger partial charge in [0.1, 0.15) is 6.04 Å². The molecule has 0 heterocycles. The maximum absolute atomic E-state index is 11.7. The predicted octanol–water partition coefficient (Wildman–Crippen LogP) is 1.14. The van der Waals surface area contributed by atoms with Crippen LogP contribution in [0, 0.1) is 0 Å². The van der Waals surface area contributed by atoms with Gasteiger partial charge in [0.15, 0.2) is 0 Å². The van der Waals surface area contributed by atoms with Gasteiger partial charge in [-0.25, -0.2) is 4.79 Å². The first-order chi connectivity index (χ1) is 9.49. The molecule has 0 aromatic heterocycles. The van der Waals surface area contributed by atoms with Gasteiger partial charge in [-0.05, 0) is 32.5 Å². The molecule has 0 spiro atoms. The Morgan fingerprint density at radius 2 is 1.90 bits per heavy atom. The highest BCUT2D eigenvalue weighted by atomic mass is 16.4. The third kappa shape index (κ3) is 6.33. The quantitative estimate of drug-likeness (QED) is 0.748. The number of nitrogens with one attached hydrogen (secondary N) is 1. The average molecular weight is 278 g/mol. The number of benzene rings is 1. The number of nitrogens with zero attached hydrogens (tertiary/aromatic N) is 1. The Morgan fingerprint density at radius 3 is 2.45 bits per heavy atom. The first-order valence-corrected chi connectivity index (χ1v) is 6.70. The molecule has 0 saturated heterocycles. The summed E-state index contributed by atoms with van der Waals surface area (Å²) in [4.78, 5) is 24.7. The second kappa shape index (κ2) is 8.32. The van der Waals surface area contributed by atoms with E-state index in [1.54, 1.807) is 0 Å². The largest absolute Gasteiger partial charge is 0.480 e. The van der Waals surface area contributed by atoms with Crippen LogP contribution in [0.5, 0.6) is 0 Å². The van der Waals surface area contributed by atoms with Crippen molar-refractivity contribution in [2.75, 3.05) is 20.6 Å². The summed E-state index contributed by atoms with van der Waals surface area (Å²) in [7, 11) is 3.74. The normalized spacial score (nSPS) is 12.2. The van der Waals surface area contributed by atoms with Gasteiger partial charge in [-0.15, -0.1) is 0 Å². The molecule has 0 aliphatic heterocycles. The fourth-order valence-electron chi connectivity index (χ4n) is 1.80. The standard InChI is InChI=1S/C15H22N2O3/c1-17(2)11-10-14(18)16-13(15(19)20)9-8-12-6-4-3-5-7-12/h3-7,13H,8-11H2,1-2H3,(H,16,18)(H,19,20). The number of carboxylic acids is 1. The Bertz CT molecular complexity index is 432. The van der Waals surface area contributed by atoms with Crippen molar-refractivity contribution in [2.24, 2.45) is 0 Å². The van der Waals surface area contributed by atoms with E-state index in [0.717, 1.165) is 5.56 Å². The van der Waals surface area contributed by atoms with E-state index < -0.39 is 12.0 Å². The summed E-state index contributed by atoms with van der Waals surface area (Å²) >= 11 is 0. The van der Waals surface area contributed by atoms with E-state index in [9.17, 15) is 9.59 Å². The number of amides is 1. The average Bonchev–Trinajstić information content (AvgIpc) is 2.42. The van der Waals surface area contributed by atoms with E-state index in [1.807, 2.05) is 49.3 Å². The highest BCUT2D eigenvalue weighted by molar-refractivity contribution is 5.83. The molecule has 0 saturated carbocycles. The Balaban J connectivity index is 2.44. The maximum Gasteiger partial charge on any atom is 0.326 e. The van der Waals surface area contributed by atoms with Crippen LogP contribution < -0.4 is 5.32 Å². The second-order valence-electron chi connectivity index (χ2n) is 5.04. The molecule has 0 fully saturated rings. The van der Waals surface area contributed by atoms with Crippen molar-refractivity contribution in [1.82, 2.24) is 10.2 Å². The molecule has 0 aliphatic carbocycles. The molecule has 1 amide bonds. The lowest BCUT2D eigenvalue weighted by atomic mass is 10.1. The van der Waals surface area contributed by atoms with E-state index in [-0.39, 0.29) is 5.91 Å². The monoisotopic (exact) mass is 278 g/mol. The van der Waals surface area contributed by atoms with Crippen LogP contribution in [0.4, 0.5) is 0 Å². The van der Waals surface area contributed by atoms with E-state index in [0.29, 0.717) is 25.8 Å². The highest BCUT2D eigenvalue weighted by Crippen LogP contribution is 2.05. The third-order valence-corrected chi connectivity index (χ3v) is 2.98. The van der Waals surface area contributed by atoms with Gasteiger partial charge in [-0.3, -0.25) is 4.79 Å². The van der Waals surface area contributed by atoms with Crippen molar-refractivity contribution in [3.05, 3.63) is 35.9 Å². The number of rotatable bonds is 8. The first kappa shape index (κ1) is 16.2. The summed E-state index contributed by atoms with van der Waals surface area (Å²) in [6, 6.07) is 8.83. The molecule has 5 nitrogen and oxygen atoms in total. The smallest absolute Gasteiger partial charge is 0.326 e. The van der Waals surface area contributed by atoms with Crippen molar-refractivity contribution in [2.45, 2.75) is 25.3 Å². The van der Waals surface area contributed by atoms with Crippen LogP contribution in [0.25, 0.3) is 0 Å². The van der Waals surface area contributed by atoms with Gasteiger partial charge >= 0.3 is 5.97 Å². The number of hydrogen-bond donors (Lipinski definition) is 2. The summed E-state index contributed by atoms with van der Waals surface area (Å²) in [5, 5.41) is 11.7. The molecule has 0 bridgehead atoms. The summed E-state index contributed by atoms with van der Waals surface area (Å²) < 4.78 is 0. The number of carboxylic acid groups (broad SMARTS) is 1. The van der Waals surface area contributed by atoms with Gasteiger partial charge in [0.05, 0.1) is 0 Å². The Hall–Kier alpha value is -1.88. The molecule has 0 radical (unpaired) electrons. The van der Waals surface area contributed by atoms with Crippen LogP contribution in [-0.4, -0.2) is 48.6 Å². The van der Waals surface area contributed by atoms with Crippen LogP contribution in [0.2, 0.25) is 0 Å². The van der Waals surface area contributed by atoms with E-state index >= 15 is 0 Å². The minimum absolute atomic E-state index is 0.223. The minimum Gasteiger partial charge on any atom is -0.480 e. The van der Waals surface area contributed by atoms with E-state index in [1.165, 1.54) is 0 Å². The Morgan fingerprint density at radius 1 is 1.25 bits per heavy atom. The van der Waals surface area contributed by atoms with Crippen molar-refractivity contribution in [1.29, 1.82) is 0 Å². The molecular weight excluding hydrogens is 256 g/mol. The van der Waals surface area contributed by atoms with Gasteiger partial charge < -0.3 is 15.3 Å². The number of carbonyl (C=O) groups excluding carboxylic acids is 1. The minimum atomic E-state index is -0.987. The number of aryl methyl sites for hydroxylation is 1. The number of hydrogen-bond acceptors (Lipinski definition) is 3. The molecule has 1 unspecified atom stereocenters. The molecule has 1 aromatic carbocycles. The number of carbonyl (C=O) groups is 2. The van der Waals surface area contributed by atoms with Crippen molar-refractivity contribution in [3.8, 4) is 0 Å². The van der Waals surface area contributed by atoms with Gasteiger partial charge in [0.2, 0.25) is 5.91 Å². The third-order valence-electron chi connectivity index (χ3n) is 2.98. The second-order valence-corrected chi connectivity index (χ2v) is 5.04. The summed E-state index contributed by atoms with van der Waals surface area (Å²) in [5.74, 6) is -1.21.